The van der Waals surface area contributed by atoms with Gasteiger partial charge in [0, 0.05) is 29.9 Å². The molecule has 6 nitrogen and oxygen atoms in total. The topological polar surface area (TPSA) is 98.8 Å². The molecule has 2 heterocycles. The van der Waals surface area contributed by atoms with Crippen molar-refractivity contribution in [1.82, 2.24) is 14.9 Å². The molecule has 3 aromatic rings. The van der Waals surface area contributed by atoms with E-state index in [1.54, 1.807) is 6.20 Å². The van der Waals surface area contributed by atoms with Crippen LogP contribution in [0.4, 0.5) is 5.69 Å². The second-order valence-electron chi connectivity index (χ2n) is 9.37. The summed E-state index contributed by atoms with van der Waals surface area (Å²) in [7, 11) is 0. The Balaban J connectivity index is 1.39. The highest BCUT2D eigenvalue weighted by molar-refractivity contribution is 5.97. The van der Waals surface area contributed by atoms with Crippen LogP contribution in [0.3, 0.4) is 0 Å². The van der Waals surface area contributed by atoms with Gasteiger partial charge >= 0.3 is 0 Å². The fourth-order valence-electron chi connectivity index (χ4n) is 5.09. The Labute approximate surface area is 194 Å². The van der Waals surface area contributed by atoms with Crippen LogP contribution in [-0.2, 0) is 0 Å². The Hall–Kier alpha value is -3.59. The van der Waals surface area contributed by atoms with Gasteiger partial charge in [-0.15, -0.1) is 0 Å². The number of anilines is 1. The molecule has 1 aromatic heterocycles. The number of hydrogen-bond donors (Lipinski definition) is 2. The van der Waals surface area contributed by atoms with Crippen LogP contribution in [0, 0.1) is 18.3 Å². The zero-order chi connectivity index (χ0) is 22.9. The number of H-pyrrole nitrogens is 1. The fourth-order valence-corrected chi connectivity index (χ4v) is 5.09. The number of carbonyl (C=O) groups excluding carboxylic acids is 1. The van der Waals surface area contributed by atoms with E-state index in [0.717, 1.165) is 61.2 Å². The lowest BCUT2D eigenvalue weighted by Gasteiger charge is -2.33. The van der Waals surface area contributed by atoms with E-state index in [1.807, 2.05) is 30.0 Å². The largest absolute Gasteiger partial charge is 0.399 e. The van der Waals surface area contributed by atoms with Crippen molar-refractivity contribution in [3.8, 4) is 17.5 Å². The molecule has 0 radical (unpaired) electrons. The first-order chi connectivity index (χ1) is 16.0. The highest BCUT2D eigenvalue weighted by atomic mass is 16.2. The molecular weight excluding hydrogens is 410 g/mol. The molecule has 5 rings (SSSR count). The molecule has 1 amide bonds. The van der Waals surface area contributed by atoms with Crippen molar-refractivity contribution in [2.75, 3.05) is 18.8 Å². The number of likely N-dealkylation sites (tertiary alicyclic amines) is 1. The summed E-state index contributed by atoms with van der Waals surface area (Å²) in [4.78, 5) is 23.1. The van der Waals surface area contributed by atoms with Gasteiger partial charge in [0.25, 0.3) is 5.91 Å². The molecule has 6 heteroatoms. The average molecular weight is 440 g/mol. The lowest BCUT2D eigenvalue weighted by atomic mass is 9.77. The van der Waals surface area contributed by atoms with Crippen LogP contribution in [0.15, 0.2) is 42.6 Å². The molecule has 1 saturated carbocycles. The number of carbonyl (C=O) groups is 1. The normalized spacial score (nSPS) is 16.9. The number of nitrogens with two attached hydrogens (primary N) is 1. The number of piperidine rings is 1. The van der Waals surface area contributed by atoms with Crippen LogP contribution in [0.1, 0.15) is 76.7 Å². The molecule has 2 fully saturated rings. The minimum absolute atomic E-state index is 0.0803. The van der Waals surface area contributed by atoms with Crippen molar-refractivity contribution < 1.29 is 4.79 Å². The number of nitrogens with one attached hydrogen (secondary N) is 1. The summed E-state index contributed by atoms with van der Waals surface area (Å²) in [6.45, 7) is 3.52. The fraction of sp³-hybridized carbons (Fsp3) is 0.370. The van der Waals surface area contributed by atoms with E-state index < -0.39 is 0 Å². The van der Waals surface area contributed by atoms with Gasteiger partial charge in [-0.3, -0.25) is 4.79 Å². The molecule has 2 aromatic carbocycles. The highest BCUT2D eigenvalue weighted by Crippen LogP contribution is 2.42. The Bertz CT molecular complexity index is 1210. The second kappa shape index (κ2) is 8.74. The molecule has 3 N–H and O–H groups in total. The molecule has 0 unspecified atom stereocenters. The van der Waals surface area contributed by atoms with Crippen molar-refractivity contribution in [1.29, 1.82) is 5.26 Å². The number of imidazole rings is 1. The van der Waals surface area contributed by atoms with Gasteiger partial charge in [-0.25, -0.2) is 4.98 Å². The number of aryl methyl sites for hydroxylation is 1. The Morgan fingerprint density at radius 1 is 1.12 bits per heavy atom. The number of amides is 1. The zero-order valence-electron chi connectivity index (χ0n) is 19.0. The molecule has 168 valence electrons. The lowest BCUT2D eigenvalue weighted by Crippen LogP contribution is -2.38. The summed E-state index contributed by atoms with van der Waals surface area (Å²) in [5, 5.41) is 9.22. The third-order valence-corrected chi connectivity index (χ3v) is 7.31. The predicted octanol–water partition coefficient (Wildman–Crippen LogP) is 5.13. The van der Waals surface area contributed by atoms with Crippen LogP contribution in [0.25, 0.3) is 11.4 Å². The molecule has 33 heavy (non-hydrogen) atoms. The molecule has 1 saturated heterocycles. The summed E-state index contributed by atoms with van der Waals surface area (Å²) in [5.74, 6) is 1.70. The highest BCUT2D eigenvalue weighted by Gasteiger charge is 2.29. The number of nitrogens with zero attached hydrogens (tertiary/aromatic N) is 3. The summed E-state index contributed by atoms with van der Waals surface area (Å²) >= 11 is 0. The van der Waals surface area contributed by atoms with Crippen LogP contribution >= 0.6 is 0 Å². The number of nitriles is 1. The maximum atomic E-state index is 13.5. The lowest BCUT2D eigenvalue weighted by molar-refractivity contribution is 0.0712. The van der Waals surface area contributed by atoms with Gasteiger partial charge in [0.05, 0.1) is 6.20 Å². The van der Waals surface area contributed by atoms with Crippen LogP contribution < -0.4 is 5.73 Å². The van der Waals surface area contributed by atoms with Gasteiger partial charge in [-0.1, -0.05) is 24.6 Å². The van der Waals surface area contributed by atoms with Gasteiger partial charge < -0.3 is 15.6 Å². The van der Waals surface area contributed by atoms with Crippen LogP contribution in [-0.4, -0.2) is 33.9 Å². The second-order valence-corrected chi connectivity index (χ2v) is 9.37. The quantitative estimate of drug-likeness (QED) is 0.551. The van der Waals surface area contributed by atoms with E-state index in [0.29, 0.717) is 23.4 Å². The number of aromatic nitrogens is 2. The smallest absolute Gasteiger partial charge is 0.254 e. The molecule has 0 atom stereocenters. The Morgan fingerprint density at radius 3 is 2.45 bits per heavy atom. The van der Waals surface area contributed by atoms with Crippen molar-refractivity contribution in [2.45, 2.75) is 50.9 Å². The van der Waals surface area contributed by atoms with Crippen LogP contribution in [0.2, 0.25) is 0 Å². The first-order valence-electron chi connectivity index (χ1n) is 11.8. The number of nitrogen functional groups attached to an aromatic ring is 1. The maximum Gasteiger partial charge on any atom is 0.254 e. The van der Waals surface area contributed by atoms with E-state index in [-0.39, 0.29) is 5.91 Å². The molecule has 0 bridgehead atoms. The number of aromatic amines is 1. The summed E-state index contributed by atoms with van der Waals surface area (Å²) in [6, 6.07) is 14.4. The minimum Gasteiger partial charge on any atom is -0.399 e. The van der Waals surface area contributed by atoms with Gasteiger partial charge in [0.15, 0.2) is 0 Å². The molecular formula is C27H29N5O. The monoisotopic (exact) mass is 439 g/mol. The molecule has 0 spiro atoms. The number of hydrogen-bond acceptors (Lipinski definition) is 4. The minimum atomic E-state index is 0.0803. The maximum absolute atomic E-state index is 13.5. The van der Waals surface area contributed by atoms with Crippen molar-refractivity contribution in [3.05, 3.63) is 70.5 Å². The van der Waals surface area contributed by atoms with Crippen LogP contribution in [0.5, 0.6) is 0 Å². The number of benzene rings is 2. The molecule has 1 aliphatic heterocycles. The first-order valence-corrected chi connectivity index (χ1v) is 11.8. The molecule has 1 aliphatic carbocycles. The summed E-state index contributed by atoms with van der Waals surface area (Å²) in [6.07, 6.45) is 7.00. The van der Waals surface area contributed by atoms with Gasteiger partial charge in [0.1, 0.15) is 17.6 Å². The standard InChI is InChI=1S/C27H29N5O/c1-17-13-24(20-3-2-4-20)25(26-30-16-22(15-28)31-26)14-23(17)27(33)32-11-9-19(10-12-32)18-5-7-21(29)8-6-18/h5-8,13-14,16,19-20H,2-4,9-12,29H2,1H3,(H,30,31). The van der Waals surface area contributed by atoms with Gasteiger partial charge in [0.2, 0.25) is 0 Å². The van der Waals surface area contributed by atoms with E-state index in [1.165, 1.54) is 17.5 Å². The SMILES string of the molecule is Cc1cc(C2CCC2)c(-c2ncc(C#N)[nH]2)cc1C(=O)N1CCC(c2ccc(N)cc2)CC1. The third kappa shape index (κ3) is 4.11. The van der Waals surface area contributed by atoms with Crippen molar-refractivity contribution >= 4 is 11.6 Å². The van der Waals surface area contributed by atoms with Crippen molar-refractivity contribution in [2.24, 2.45) is 0 Å². The first kappa shape index (κ1) is 21.3. The zero-order valence-corrected chi connectivity index (χ0v) is 19.0. The third-order valence-electron chi connectivity index (χ3n) is 7.31. The summed E-state index contributed by atoms with van der Waals surface area (Å²) in [5.41, 5.74) is 12.3. The average Bonchev–Trinajstić information content (AvgIpc) is 3.27. The Morgan fingerprint density at radius 2 is 1.85 bits per heavy atom. The van der Waals surface area contributed by atoms with Gasteiger partial charge in [-0.2, -0.15) is 5.26 Å². The van der Waals surface area contributed by atoms with E-state index in [9.17, 15) is 10.1 Å². The summed E-state index contributed by atoms with van der Waals surface area (Å²) < 4.78 is 0. The van der Waals surface area contributed by atoms with Gasteiger partial charge in [-0.05, 0) is 79.3 Å². The van der Waals surface area contributed by atoms with E-state index in [2.05, 4.69) is 34.2 Å². The predicted molar refractivity (Wildman–Crippen MR) is 129 cm³/mol. The molecule has 2 aliphatic rings. The van der Waals surface area contributed by atoms with Crippen molar-refractivity contribution in [3.63, 3.8) is 0 Å². The number of rotatable bonds is 4. The van der Waals surface area contributed by atoms with E-state index in [4.69, 9.17) is 5.73 Å². The Kier molecular flexibility index (Phi) is 5.63. The van der Waals surface area contributed by atoms with E-state index >= 15 is 0 Å².